The van der Waals surface area contributed by atoms with E-state index in [1.54, 1.807) is 0 Å². The van der Waals surface area contributed by atoms with Crippen molar-refractivity contribution in [1.29, 1.82) is 0 Å². The normalized spacial score (nSPS) is 23.1. The number of hydrogen-bond acceptors (Lipinski definition) is 3. The van der Waals surface area contributed by atoms with Crippen molar-refractivity contribution in [2.45, 2.75) is 38.1 Å². The van der Waals surface area contributed by atoms with Gasteiger partial charge in [0, 0.05) is 19.1 Å². The van der Waals surface area contributed by atoms with E-state index in [4.69, 9.17) is 9.84 Å². The summed E-state index contributed by atoms with van der Waals surface area (Å²) in [6.07, 6.45) is 4.15. The van der Waals surface area contributed by atoms with Gasteiger partial charge in [0.25, 0.3) is 0 Å². The van der Waals surface area contributed by atoms with Crippen LogP contribution in [0.25, 0.3) is 0 Å². The Labute approximate surface area is 101 Å². The molecule has 5 heteroatoms. The van der Waals surface area contributed by atoms with Crippen molar-refractivity contribution < 1.29 is 19.4 Å². The third kappa shape index (κ3) is 3.70. The van der Waals surface area contributed by atoms with Gasteiger partial charge < -0.3 is 15.2 Å². The molecule has 1 saturated carbocycles. The molecule has 0 aromatic rings. The second-order valence-electron chi connectivity index (χ2n) is 4.97. The number of carboxylic acid groups (broad SMARTS) is 1. The number of aliphatic carboxylic acids is 1. The molecule has 1 unspecified atom stereocenters. The van der Waals surface area contributed by atoms with Crippen LogP contribution in [0.15, 0.2) is 0 Å². The minimum absolute atomic E-state index is 0.0789. The average molecular weight is 241 g/mol. The van der Waals surface area contributed by atoms with Crippen LogP contribution in [0.5, 0.6) is 0 Å². The molecule has 1 saturated heterocycles. The van der Waals surface area contributed by atoms with Crippen LogP contribution >= 0.6 is 0 Å². The summed E-state index contributed by atoms with van der Waals surface area (Å²) in [6.45, 7) is 1.19. The second-order valence-corrected chi connectivity index (χ2v) is 4.97. The highest BCUT2D eigenvalue weighted by molar-refractivity contribution is 5.85. The van der Waals surface area contributed by atoms with Gasteiger partial charge in [-0.25, -0.2) is 4.79 Å². The van der Waals surface area contributed by atoms with Crippen molar-refractivity contribution in [3.8, 4) is 0 Å². The van der Waals surface area contributed by atoms with E-state index in [1.165, 1.54) is 0 Å². The predicted molar refractivity (Wildman–Crippen MR) is 60.5 cm³/mol. The van der Waals surface area contributed by atoms with E-state index < -0.39 is 12.0 Å². The van der Waals surface area contributed by atoms with Gasteiger partial charge in [0.15, 0.2) is 0 Å². The summed E-state index contributed by atoms with van der Waals surface area (Å²) in [6, 6.07) is -0.710. The summed E-state index contributed by atoms with van der Waals surface area (Å²) in [4.78, 5) is 22.9. The largest absolute Gasteiger partial charge is 0.480 e. The first-order chi connectivity index (χ1) is 8.16. The fraction of sp³-hybridized carbons (Fsp3) is 0.833. The van der Waals surface area contributed by atoms with Crippen LogP contribution in [-0.2, 0) is 14.3 Å². The molecule has 0 spiro atoms. The van der Waals surface area contributed by atoms with Gasteiger partial charge in [0.1, 0.15) is 6.04 Å². The molecule has 2 fully saturated rings. The van der Waals surface area contributed by atoms with Crippen molar-refractivity contribution >= 4 is 11.9 Å². The number of hydrogen-bond donors (Lipinski definition) is 2. The molecule has 1 aliphatic carbocycles. The number of carbonyl (C=O) groups is 2. The maximum Gasteiger partial charge on any atom is 0.326 e. The monoisotopic (exact) mass is 241 g/mol. The molecule has 2 rings (SSSR count). The van der Waals surface area contributed by atoms with Gasteiger partial charge in [0.05, 0.1) is 0 Å². The first kappa shape index (κ1) is 12.4. The zero-order valence-electron chi connectivity index (χ0n) is 9.85. The second kappa shape index (κ2) is 5.49. The first-order valence-electron chi connectivity index (χ1n) is 6.27. The number of carbonyl (C=O) groups excluding carboxylic acids is 1. The maximum absolute atomic E-state index is 11.9. The lowest BCUT2D eigenvalue weighted by Crippen LogP contribution is -2.45. The van der Waals surface area contributed by atoms with Crippen molar-refractivity contribution in [2.24, 2.45) is 11.8 Å². The van der Waals surface area contributed by atoms with Gasteiger partial charge in [-0.1, -0.05) is 12.8 Å². The summed E-state index contributed by atoms with van der Waals surface area (Å²) >= 11 is 0. The van der Waals surface area contributed by atoms with E-state index in [1.807, 2.05) is 0 Å². The molecule has 0 bridgehead atoms. The molecule has 0 aromatic heterocycles. The van der Waals surface area contributed by atoms with Crippen molar-refractivity contribution in [3.05, 3.63) is 0 Å². The zero-order valence-corrected chi connectivity index (χ0v) is 9.85. The number of rotatable bonds is 5. The van der Waals surface area contributed by atoms with Crippen LogP contribution in [0, 0.1) is 11.8 Å². The molecule has 2 aliphatic rings. The fourth-order valence-electron chi connectivity index (χ4n) is 2.16. The minimum Gasteiger partial charge on any atom is -0.480 e. The predicted octanol–water partition coefficient (Wildman–Crippen LogP) is 0.782. The third-order valence-corrected chi connectivity index (χ3v) is 3.47. The lowest BCUT2D eigenvalue weighted by Gasteiger charge is -2.23. The highest BCUT2D eigenvalue weighted by Crippen LogP contribution is 2.33. The van der Waals surface area contributed by atoms with Crippen LogP contribution in [0.3, 0.4) is 0 Å². The Morgan fingerprint density at radius 2 is 1.88 bits per heavy atom. The quantitative estimate of drug-likeness (QED) is 0.746. The Hall–Kier alpha value is -1.10. The molecule has 17 heavy (non-hydrogen) atoms. The Balaban J connectivity index is 1.82. The highest BCUT2D eigenvalue weighted by atomic mass is 16.5. The third-order valence-electron chi connectivity index (χ3n) is 3.47. The van der Waals surface area contributed by atoms with Crippen LogP contribution in [0.4, 0.5) is 0 Å². The van der Waals surface area contributed by atoms with E-state index in [-0.39, 0.29) is 11.8 Å². The number of ether oxygens (including phenoxy) is 1. The summed E-state index contributed by atoms with van der Waals surface area (Å²) < 4.78 is 5.18. The summed E-state index contributed by atoms with van der Waals surface area (Å²) in [7, 11) is 0. The van der Waals surface area contributed by atoms with Crippen molar-refractivity contribution in [2.75, 3.05) is 13.2 Å². The number of carboxylic acids is 1. The molecule has 1 amide bonds. The van der Waals surface area contributed by atoms with Crippen LogP contribution in [0.2, 0.25) is 0 Å². The van der Waals surface area contributed by atoms with Crippen molar-refractivity contribution in [3.63, 3.8) is 0 Å². The van der Waals surface area contributed by atoms with Crippen LogP contribution in [-0.4, -0.2) is 36.2 Å². The fourth-order valence-corrected chi connectivity index (χ4v) is 2.16. The van der Waals surface area contributed by atoms with E-state index in [9.17, 15) is 9.59 Å². The summed E-state index contributed by atoms with van der Waals surface area (Å²) in [5, 5.41) is 11.7. The molecule has 5 nitrogen and oxygen atoms in total. The minimum atomic E-state index is -0.919. The molecule has 0 radical (unpaired) electrons. The standard InChI is InChI=1S/C12H19NO4/c14-11(9-3-5-17-6-4-9)13-10(12(15)16)7-8-1-2-8/h8-10H,1-7H2,(H,13,14)(H,15,16). The Bertz CT molecular complexity index is 295. The molecular formula is C12H19NO4. The van der Waals surface area contributed by atoms with Gasteiger partial charge in [0.2, 0.25) is 5.91 Å². The Morgan fingerprint density at radius 3 is 2.41 bits per heavy atom. The molecule has 1 aliphatic heterocycles. The van der Waals surface area contributed by atoms with E-state index in [0.717, 1.165) is 12.8 Å². The maximum atomic E-state index is 11.9. The molecule has 2 N–H and O–H groups in total. The molecule has 0 aromatic carbocycles. The zero-order chi connectivity index (χ0) is 12.3. The molecule has 96 valence electrons. The van der Waals surface area contributed by atoms with Crippen LogP contribution in [0.1, 0.15) is 32.1 Å². The average Bonchev–Trinajstić information content (AvgIpc) is 3.13. The van der Waals surface area contributed by atoms with Gasteiger partial charge in [-0.3, -0.25) is 4.79 Å². The van der Waals surface area contributed by atoms with Gasteiger partial charge in [-0.15, -0.1) is 0 Å². The number of amides is 1. The van der Waals surface area contributed by atoms with E-state index in [2.05, 4.69) is 5.32 Å². The Kier molecular flexibility index (Phi) is 3.99. The number of nitrogens with one attached hydrogen (secondary N) is 1. The lowest BCUT2D eigenvalue weighted by molar-refractivity contribution is -0.143. The SMILES string of the molecule is O=C(NC(CC1CC1)C(=O)O)C1CCOCC1. The first-order valence-corrected chi connectivity index (χ1v) is 6.27. The topological polar surface area (TPSA) is 75.6 Å². The van der Waals surface area contributed by atoms with Crippen LogP contribution < -0.4 is 5.32 Å². The summed E-state index contributed by atoms with van der Waals surface area (Å²) in [5.41, 5.74) is 0. The van der Waals surface area contributed by atoms with Gasteiger partial charge in [-0.05, 0) is 25.2 Å². The van der Waals surface area contributed by atoms with Crippen molar-refractivity contribution in [1.82, 2.24) is 5.32 Å². The highest BCUT2D eigenvalue weighted by Gasteiger charge is 2.32. The molecular weight excluding hydrogens is 222 g/mol. The lowest BCUT2D eigenvalue weighted by atomic mass is 9.98. The van der Waals surface area contributed by atoms with E-state index >= 15 is 0 Å². The van der Waals surface area contributed by atoms with Gasteiger partial charge in [-0.2, -0.15) is 0 Å². The molecule has 1 atom stereocenters. The molecule has 1 heterocycles. The Morgan fingerprint density at radius 1 is 1.24 bits per heavy atom. The summed E-state index contributed by atoms with van der Waals surface area (Å²) in [5.74, 6) is -0.630. The smallest absolute Gasteiger partial charge is 0.326 e. The van der Waals surface area contributed by atoms with Gasteiger partial charge >= 0.3 is 5.97 Å². The van der Waals surface area contributed by atoms with E-state index in [0.29, 0.717) is 38.4 Å².